The van der Waals surface area contributed by atoms with Crippen LogP contribution in [0.4, 0.5) is 0 Å². The zero-order valence-corrected chi connectivity index (χ0v) is 9.53. The Balaban J connectivity index is 2.27. The monoisotopic (exact) mass is 212 g/mol. The summed E-state index contributed by atoms with van der Waals surface area (Å²) >= 11 is 0. The fourth-order valence-corrected chi connectivity index (χ4v) is 1.44. The first-order valence-electron chi connectivity index (χ1n) is 5.21. The molecule has 0 saturated heterocycles. The van der Waals surface area contributed by atoms with Gasteiger partial charge >= 0.3 is 0 Å². The van der Waals surface area contributed by atoms with E-state index in [1.807, 2.05) is 12.1 Å². The largest absolute Gasteiger partial charge is 0.463 e. The Morgan fingerprint density at radius 3 is 2.73 bits per heavy atom. The normalized spacial score (nSPS) is 11.2. The maximum absolute atomic E-state index is 5.51. The molecule has 0 bridgehead atoms. The number of nitrogens with zero attached hydrogens (tertiary/aromatic N) is 1. The first kappa shape index (κ1) is 12.2. The lowest BCUT2D eigenvalue weighted by atomic mass is 10.3. The lowest BCUT2D eigenvalue weighted by Gasteiger charge is -2.14. The molecule has 0 aliphatic heterocycles. The third-order valence-corrected chi connectivity index (χ3v) is 2.23. The van der Waals surface area contributed by atoms with Crippen LogP contribution in [0.1, 0.15) is 17.9 Å². The number of furan rings is 1. The topological polar surface area (TPSA) is 51.6 Å². The molecule has 0 amide bonds. The van der Waals surface area contributed by atoms with Gasteiger partial charge in [0.05, 0.1) is 13.1 Å². The average molecular weight is 212 g/mol. The van der Waals surface area contributed by atoms with Crippen molar-refractivity contribution < 1.29 is 9.15 Å². The predicted octanol–water partition coefficient (Wildman–Crippen LogP) is 1.21. The average Bonchev–Trinajstić information content (AvgIpc) is 2.66. The first-order valence-corrected chi connectivity index (χ1v) is 5.21. The van der Waals surface area contributed by atoms with Crippen LogP contribution in [0.25, 0.3) is 0 Å². The molecule has 0 fully saturated rings. The fraction of sp³-hybridized carbons (Fsp3) is 0.636. The van der Waals surface area contributed by atoms with Crippen molar-refractivity contribution in [1.29, 1.82) is 0 Å². The van der Waals surface area contributed by atoms with Gasteiger partial charge in [-0.05, 0) is 25.6 Å². The summed E-state index contributed by atoms with van der Waals surface area (Å²) in [5.41, 5.74) is 5.47. The molecule has 1 aromatic heterocycles. The highest BCUT2D eigenvalue weighted by Crippen LogP contribution is 2.09. The van der Waals surface area contributed by atoms with Gasteiger partial charge in [-0.15, -0.1) is 0 Å². The molecule has 86 valence electrons. The number of nitrogens with two attached hydrogens (primary N) is 1. The van der Waals surface area contributed by atoms with Crippen molar-refractivity contribution in [3.8, 4) is 0 Å². The van der Waals surface area contributed by atoms with Crippen LogP contribution in [-0.4, -0.2) is 32.2 Å². The van der Waals surface area contributed by atoms with Crippen LogP contribution < -0.4 is 5.73 Å². The lowest BCUT2D eigenvalue weighted by Crippen LogP contribution is -2.19. The molecule has 2 N–H and O–H groups in total. The molecule has 0 atom stereocenters. The molecule has 1 aromatic rings. The van der Waals surface area contributed by atoms with Crippen molar-refractivity contribution in [3.05, 3.63) is 23.7 Å². The van der Waals surface area contributed by atoms with Crippen molar-refractivity contribution in [3.63, 3.8) is 0 Å². The Hall–Kier alpha value is -0.840. The van der Waals surface area contributed by atoms with E-state index in [0.29, 0.717) is 6.54 Å². The van der Waals surface area contributed by atoms with Crippen LogP contribution in [-0.2, 0) is 17.8 Å². The van der Waals surface area contributed by atoms with E-state index in [0.717, 1.165) is 37.6 Å². The van der Waals surface area contributed by atoms with Gasteiger partial charge in [-0.1, -0.05) is 0 Å². The summed E-state index contributed by atoms with van der Waals surface area (Å²) in [4.78, 5) is 2.21. The lowest BCUT2D eigenvalue weighted by molar-refractivity contribution is 0.175. The molecule has 0 aliphatic carbocycles. The van der Waals surface area contributed by atoms with Gasteiger partial charge in [-0.25, -0.2) is 0 Å². The highest BCUT2D eigenvalue weighted by molar-refractivity contribution is 5.06. The quantitative estimate of drug-likeness (QED) is 0.690. The third-order valence-electron chi connectivity index (χ3n) is 2.23. The molecule has 15 heavy (non-hydrogen) atoms. The summed E-state index contributed by atoms with van der Waals surface area (Å²) in [5.74, 6) is 1.81. The van der Waals surface area contributed by atoms with E-state index in [2.05, 4.69) is 11.9 Å². The highest BCUT2D eigenvalue weighted by atomic mass is 16.5. The minimum atomic E-state index is 0.466. The predicted molar refractivity (Wildman–Crippen MR) is 59.4 cm³/mol. The molecular formula is C11H20N2O2. The van der Waals surface area contributed by atoms with Crippen molar-refractivity contribution in [2.75, 3.05) is 27.3 Å². The van der Waals surface area contributed by atoms with Crippen LogP contribution in [0.3, 0.4) is 0 Å². The van der Waals surface area contributed by atoms with Gasteiger partial charge in [0.15, 0.2) is 0 Å². The second-order valence-corrected chi connectivity index (χ2v) is 3.66. The Bertz CT molecular complexity index is 273. The van der Waals surface area contributed by atoms with Crippen molar-refractivity contribution >= 4 is 0 Å². The SMILES string of the molecule is COCCCN(C)Cc1ccc(CN)o1. The smallest absolute Gasteiger partial charge is 0.118 e. The van der Waals surface area contributed by atoms with Crippen molar-refractivity contribution in [1.82, 2.24) is 4.90 Å². The minimum Gasteiger partial charge on any atom is -0.463 e. The number of hydrogen-bond acceptors (Lipinski definition) is 4. The standard InChI is InChI=1S/C11H20N2O2/c1-13(6-3-7-14-2)9-11-5-4-10(8-12)15-11/h4-5H,3,6-9,12H2,1-2H3. The third kappa shape index (κ3) is 4.46. The second-order valence-electron chi connectivity index (χ2n) is 3.66. The highest BCUT2D eigenvalue weighted by Gasteiger charge is 2.04. The molecule has 0 spiro atoms. The van der Waals surface area contributed by atoms with E-state index in [-0.39, 0.29) is 0 Å². The van der Waals surface area contributed by atoms with E-state index in [1.165, 1.54) is 0 Å². The number of hydrogen-bond donors (Lipinski definition) is 1. The molecule has 1 rings (SSSR count). The summed E-state index contributed by atoms with van der Waals surface area (Å²) in [6, 6.07) is 3.91. The van der Waals surface area contributed by atoms with Gasteiger partial charge in [-0.3, -0.25) is 4.90 Å². The maximum atomic E-state index is 5.51. The van der Waals surface area contributed by atoms with E-state index in [4.69, 9.17) is 14.9 Å². The number of ether oxygens (including phenoxy) is 1. The Labute approximate surface area is 91.0 Å². The van der Waals surface area contributed by atoms with Crippen LogP contribution >= 0.6 is 0 Å². The molecule has 4 nitrogen and oxygen atoms in total. The van der Waals surface area contributed by atoms with Crippen LogP contribution in [0.2, 0.25) is 0 Å². The van der Waals surface area contributed by atoms with E-state index >= 15 is 0 Å². The van der Waals surface area contributed by atoms with Gasteiger partial charge in [0.25, 0.3) is 0 Å². The van der Waals surface area contributed by atoms with Gasteiger partial charge in [0.1, 0.15) is 11.5 Å². The van der Waals surface area contributed by atoms with Crippen LogP contribution in [0.5, 0.6) is 0 Å². The number of methoxy groups -OCH3 is 1. The Morgan fingerprint density at radius 2 is 2.13 bits per heavy atom. The van der Waals surface area contributed by atoms with Gasteiger partial charge in [0.2, 0.25) is 0 Å². The molecule has 0 aromatic carbocycles. The summed E-state index contributed by atoms with van der Waals surface area (Å²) in [7, 11) is 3.79. The first-order chi connectivity index (χ1) is 7.26. The number of rotatable bonds is 7. The van der Waals surface area contributed by atoms with Crippen LogP contribution in [0, 0.1) is 0 Å². The minimum absolute atomic E-state index is 0.466. The van der Waals surface area contributed by atoms with Gasteiger partial charge in [-0.2, -0.15) is 0 Å². The van der Waals surface area contributed by atoms with Crippen molar-refractivity contribution in [2.24, 2.45) is 5.73 Å². The van der Waals surface area contributed by atoms with Gasteiger partial charge in [0, 0.05) is 20.3 Å². The zero-order chi connectivity index (χ0) is 11.1. The fourth-order valence-electron chi connectivity index (χ4n) is 1.44. The summed E-state index contributed by atoms with van der Waals surface area (Å²) in [5, 5.41) is 0. The molecule has 0 radical (unpaired) electrons. The molecule has 4 heteroatoms. The maximum Gasteiger partial charge on any atom is 0.118 e. The second kappa shape index (κ2) is 6.61. The summed E-state index contributed by atoms with van der Waals surface area (Å²) in [6.45, 7) is 3.10. The molecule has 1 heterocycles. The molecular weight excluding hydrogens is 192 g/mol. The molecule has 0 unspecified atom stereocenters. The van der Waals surface area contributed by atoms with Gasteiger partial charge < -0.3 is 14.9 Å². The summed E-state index contributed by atoms with van der Waals surface area (Å²) < 4.78 is 10.5. The van der Waals surface area contributed by atoms with Crippen molar-refractivity contribution in [2.45, 2.75) is 19.5 Å². The van der Waals surface area contributed by atoms with E-state index in [9.17, 15) is 0 Å². The van der Waals surface area contributed by atoms with E-state index < -0.39 is 0 Å². The Kier molecular flexibility index (Phi) is 5.39. The molecule has 0 saturated carbocycles. The summed E-state index contributed by atoms with van der Waals surface area (Å²) in [6.07, 6.45) is 1.04. The zero-order valence-electron chi connectivity index (χ0n) is 9.53. The Morgan fingerprint density at radius 1 is 1.40 bits per heavy atom. The van der Waals surface area contributed by atoms with E-state index in [1.54, 1.807) is 7.11 Å². The molecule has 0 aliphatic rings. The van der Waals surface area contributed by atoms with Crippen LogP contribution in [0.15, 0.2) is 16.5 Å².